The number of amides is 1. The molecule has 5 nitrogen and oxygen atoms in total. The van der Waals surface area contributed by atoms with Gasteiger partial charge in [-0.15, -0.1) is 12.4 Å². The quantitative estimate of drug-likeness (QED) is 0.667. The summed E-state index contributed by atoms with van der Waals surface area (Å²) in [7, 11) is 0. The third-order valence-electron chi connectivity index (χ3n) is 2.37. The molecule has 0 aromatic heterocycles. The van der Waals surface area contributed by atoms with Gasteiger partial charge in [0.1, 0.15) is 0 Å². The second-order valence-electron chi connectivity index (χ2n) is 3.38. The number of hydrogen-bond acceptors (Lipinski definition) is 4. The highest BCUT2D eigenvalue weighted by Crippen LogP contribution is 2.17. The second kappa shape index (κ2) is 6.63. The van der Waals surface area contributed by atoms with Crippen molar-refractivity contribution in [2.45, 2.75) is 25.8 Å². The van der Waals surface area contributed by atoms with E-state index in [1.54, 1.807) is 6.92 Å². The van der Waals surface area contributed by atoms with Crippen LogP contribution in [0.2, 0.25) is 0 Å². The molecular formula is C9H17ClN2O3. The van der Waals surface area contributed by atoms with Crippen LogP contribution in [0.4, 0.5) is 0 Å². The van der Waals surface area contributed by atoms with Gasteiger partial charge in [-0.2, -0.15) is 0 Å². The summed E-state index contributed by atoms with van der Waals surface area (Å²) < 4.78 is 4.89. The van der Waals surface area contributed by atoms with Gasteiger partial charge in [-0.25, -0.2) is 0 Å². The van der Waals surface area contributed by atoms with Crippen molar-refractivity contribution in [1.82, 2.24) is 5.32 Å². The zero-order valence-corrected chi connectivity index (χ0v) is 9.51. The van der Waals surface area contributed by atoms with Crippen molar-refractivity contribution in [2.75, 3.05) is 13.2 Å². The topological polar surface area (TPSA) is 81.4 Å². The van der Waals surface area contributed by atoms with Crippen LogP contribution in [-0.4, -0.2) is 31.1 Å². The Bertz CT molecular complexity index is 235. The van der Waals surface area contributed by atoms with Crippen LogP contribution in [0.5, 0.6) is 0 Å². The highest BCUT2D eigenvalue weighted by molar-refractivity contribution is 5.85. The molecule has 0 aromatic rings. The van der Waals surface area contributed by atoms with E-state index in [1.807, 2.05) is 0 Å². The SMILES string of the molecule is CCOC(=O)C1CCNC(C(N)=O)C1.Cl. The molecule has 0 spiro atoms. The highest BCUT2D eigenvalue weighted by atomic mass is 35.5. The predicted molar refractivity (Wildman–Crippen MR) is 57.6 cm³/mol. The predicted octanol–water partition coefficient (Wildman–Crippen LogP) is -0.175. The third-order valence-corrected chi connectivity index (χ3v) is 2.37. The van der Waals surface area contributed by atoms with E-state index in [1.165, 1.54) is 0 Å². The van der Waals surface area contributed by atoms with E-state index in [9.17, 15) is 9.59 Å². The van der Waals surface area contributed by atoms with Gasteiger partial charge in [-0.3, -0.25) is 9.59 Å². The Morgan fingerprint density at radius 2 is 2.20 bits per heavy atom. The van der Waals surface area contributed by atoms with Gasteiger partial charge in [-0.05, 0) is 26.3 Å². The van der Waals surface area contributed by atoms with Crippen LogP contribution in [0, 0.1) is 5.92 Å². The van der Waals surface area contributed by atoms with Gasteiger partial charge in [0.05, 0.1) is 18.6 Å². The second-order valence-corrected chi connectivity index (χ2v) is 3.38. The van der Waals surface area contributed by atoms with Gasteiger partial charge < -0.3 is 15.8 Å². The number of ether oxygens (including phenoxy) is 1. The summed E-state index contributed by atoms with van der Waals surface area (Å²) in [6.45, 7) is 2.78. The highest BCUT2D eigenvalue weighted by Gasteiger charge is 2.30. The van der Waals surface area contributed by atoms with E-state index < -0.39 is 11.9 Å². The summed E-state index contributed by atoms with van der Waals surface area (Å²) in [4.78, 5) is 22.3. The normalized spacial score (nSPS) is 25.1. The summed E-state index contributed by atoms with van der Waals surface area (Å²) in [5, 5.41) is 2.96. The molecule has 1 rings (SSSR count). The molecular weight excluding hydrogens is 220 g/mol. The molecule has 1 heterocycles. The Hall–Kier alpha value is -0.810. The number of halogens is 1. The van der Waals surface area contributed by atoms with E-state index in [2.05, 4.69) is 5.32 Å². The van der Waals surface area contributed by atoms with Crippen molar-refractivity contribution in [3.8, 4) is 0 Å². The molecule has 1 fully saturated rings. The fourth-order valence-electron chi connectivity index (χ4n) is 1.61. The molecule has 0 aromatic carbocycles. The molecule has 1 aliphatic rings. The van der Waals surface area contributed by atoms with Gasteiger partial charge >= 0.3 is 5.97 Å². The lowest BCUT2D eigenvalue weighted by Gasteiger charge is -2.26. The van der Waals surface area contributed by atoms with Crippen LogP contribution in [0.3, 0.4) is 0 Å². The van der Waals surface area contributed by atoms with Crippen molar-refractivity contribution in [2.24, 2.45) is 11.7 Å². The molecule has 0 aliphatic carbocycles. The lowest BCUT2D eigenvalue weighted by atomic mass is 9.92. The first kappa shape index (κ1) is 14.2. The van der Waals surface area contributed by atoms with E-state index >= 15 is 0 Å². The number of piperidine rings is 1. The number of nitrogens with two attached hydrogens (primary N) is 1. The zero-order chi connectivity index (χ0) is 10.6. The number of nitrogens with one attached hydrogen (secondary N) is 1. The summed E-state index contributed by atoms with van der Waals surface area (Å²) in [5.41, 5.74) is 5.15. The van der Waals surface area contributed by atoms with Crippen LogP contribution in [0.15, 0.2) is 0 Å². The van der Waals surface area contributed by atoms with Crippen LogP contribution >= 0.6 is 12.4 Å². The van der Waals surface area contributed by atoms with Gasteiger partial charge in [0, 0.05) is 0 Å². The first-order valence-electron chi connectivity index (χ1n) is 4.84. The molecule has 6 heteroatoms. The Kier molecular flexibility index (Phi) is 6.27. The fraction of sp³-hybridized carbons (Fsp3) is 0.778. The molecule has 1 aliphatic heterocycles. The Morgan fingerprint density at radius 3 is 2.73 bits per heavy atom. The number of carbonyl (C=O) groups excluding carboxylic acids is 2. The summed E-state index contributed by atoms with van der Waals surface area (Å²) in [6.07, 6.45) is 1.16. The minimum absolute atomic E-state index is 0. The maximum Gasteiger partial charge on any atom is 0.309 e. The lowest BCUT2D eigenvalue weighted by molar-refractivity contribution is -0.149. The van der Waals surface area contributed by atoms with E-state index in [0.717, 1.165) is 0 Å². The van der Waals surface area contributed by atoms with Crippen molar-refractivity contribution < 1.29 is 14.3 Å². The molecule has 0 bridgehead atoms. The van der Waals surface area contributed by atoms with Gasteiger partial charge in [0.15, 0.2) is 0 Å². The molecule has 0 saturated carbocycles. The van der Waals surface area contributed by atoms with Gasteiger partial charge in [-0.1, -0.05) is 0 Å². The number of hydrogen-bond donors (Lipinski definition) is 2. The van der Waals surface area contributed by atoms with Crippen LogP contribution in [0.1, 0.15) is 19.8 Å². The first-order chi connectivity index (χ1) is 6.65. The molecule has 0 radical (unpaired) electrons. The van der Waals surface area contributed by atoms with E-state index in [4.69, 9.17) is 10.5 Å². The maximum atomic E-state index is 11.4. The smallest absolute Gasteiger partial charge is 0.309 e. The summed E-state index contributed by atoms with van der Waals surface area (Å²) in [5.74, 6) is -0.812. The minimum atomic E-state index is -0.404. The molecule has 2 atom stereocenters. The number of rotatable bonds is 3. The monoisotopic (exact) mass is 236 g/mol. The van der Waals surface area contributed by atoms with E-state index in [-0.39, 0.29) is 24.3 Å². The summed E-state index contributed by atoms with van der Waals surface area (Å²) >= 11 is 0. The summed E-state index contributed by atoms with van der Waals surface area (Å²) in [6, 6.07) is -0.391. The first-order valence-corrected chi connectivity index (χ1v) is 4.84. The Labute approximate surface area is 95.1 Å². The van der Waals surface area contributed by atoms with Crippen molar-refractivity contribution in [1.29, 1.82) is 0 Å². The molecule has 88 valence electrons. The molecule has 3 N–H and O–H groups in total. The van der Waals surface area contributed by atoms with Crippen molar-refractivity contribution >= 4 is 24.3 Å². The van der Waals surface area contributed by atoms with Crippen LogP contribution in [-0.2, 0) is 14.3 Å². The standard InChI is InChI=1S/C9H16N2O3.ClH/c1-2-14-9(13)6-3-4-11-7(5-6)8(10)12;/h6-7,11H,2-5H2,1H3,(H2,10,12);1H. The van der Waals surface area contributed by atoms with Gasteiger partial charge in [0.25, 0.3) is 0 Å². The largest absolute Gasteiger partial charge is 0.466 e. The average molecular weight is 237 g/mol. The van der Waals surface area contributed by atoms with Crippen LogP contribution in [0.25, 0.3) is 0 Å². The third kappa shape index (κ3) is 4.05. The Morgan fingerprint density at radius 1 is 1.53 bits per heavy atom. The fourth-order valence-corrected chi connectivity index (χ4v) is 1.61. The van der Waals surface area contributed by atoms with Crippen molar-refractivity contribution in [3.05, 3.63) is 0 Å². The maximum absolute atomic E-state index is 11.4. The average Bonchev–Trinajstić information content (AvgIpc) is 2.18. The molecule has 1 saturated heterocycles. The number of primary amides is 1. The van der Waals surface area contributed by atoms with Gasteiger partial charge in [0.2, 0.25) is 5.91 Å². The molecule has 15 heavy (non-hydrogen) atoms. The lowest BCUT2D eigenvalue weighted by Crippen LogP contribution is -2.48. The molecule has 1 amide bonds. The minimum Gasteiger partial charge on any atom is -0.466 e. The Balaban J connectivity index is 0.00000196. The van der Waals surface area contributed by atoms with Crippen molar-refractivity contribution in [3.63, 3.8) is 0 Å². The number of carbonyl (C=O) groups is 2. The zero-order valence-electron chi connectivity index (χ0n) is 8.69. The molecule has 2 unspecified atom stereocenters. The van der Waals surface area contributed by atoms with Crippen LogP contribution < -0.4 is 11.1 Å². The number of esters is 1. The van der Waals surface area contributed by atoms with E-state index in [0.29, 0.717) is 26.0 Å².